The number of methoxy groups -OCH3 is 1. The Morgan fingerprint density at radius 2 is 2.14 bits per heavy atom. The maximum absolute atomic E-state index is 6.17. The molecule has 116 valence electrons. The fourth-order valence-corrected chi connectivity index (χ4v) is 2.56. The second-order valence-corrected chi connectivity index (χ2v) is 5.20. The minimum absolute atomic E-state index is 0.287. The van der Waals surface area contributed by atoms with Gasteiger partial charge in [0, 0.05) is 12.1 Å². The Balaban J connectivity index is 2.16. The van der Waals surface area contributed by atoms with Gasteiger partial charge in [-0.1, -0.05) is 12.1 Å². The summed E-state index contributed by atoms with van der Waals surface area (Å²) >= 11 is 0. The van der Waals surface area contributed by atoms with Gasteiger partial charge in [-0.25, -0.2) is 4.99 Å². The third kappa shape index (κ3) is 4.28. The van der Waals surface area contributed by atoms with Crippen molar-refractivity contribution in [3.05, 3.63) is 23.8 Å². The molecule has 0 spiro atoms. The van der Waals surface area contributed by atoms with Crippen LogP contribution < -0.4 is 20.5 Å². The summed E-state index contributed by atoms with van der Waals surface area (Å²) in [6.07, 6.45) is 4.98. The first-order chi connectivity index (χ1) is 10.2. The van der Waals surface area contributed by atoms with Gasteiger partial charge < -0.3 is 20.5 Å². The van der Waals surface area contributed by atoms with Gasteiger partial charge in [-0.05, 0) is 38.7 Å². The number of guanidine groups is 1. The highest BCUT2D eigenvalue weighted by atomic mass is 16.5. The Hall–Kier alpha value is -1.91. The minimum Gasteiger partial charge on any atom is -0.493 e. The highest BCUT2D eigenvalue weighted by molar-refractivity contribution is 5.77. The number of nitrogens with one attached hydrogen (secondary N) is 1. The van der Waals surface area contributed by atoms with E-state index in [0.717, 1.165) is 36.4 Å². The summed E-state index contributed by atoms with van der Waals surface area (Å²) < 4.78 is 11.6. The molecule has 0 radical (unpaired) electrons. The predicted molar refractivity (Wildman–Crippen MR) is 84.9 cm³/mol. The summed E-state index contributed by atoms with van der Waals surface area (Å²) in [6, 6.07) is 5.88. The molecule has 3 N–H and O–H groups in total. The molecule has 1 aliphatic carbocycles. The highest BCUT2D eigenvalue weighted by Crippen LogP contribution is 2.35. The van der Waals surface area contributed by atoms with E-state index in [2.05, 4.69) is 10.3 Å². The van der Waals surface area contributed by atoms with E-state index in [4.69, 9.17) is 15.2 Å². The average Bonchev–Trinajstić information content (AvgIpc) is 2.99. The lowest BCUT2D eigenvalue weighted by molar-refractivity contribution is 0.198. The van der Waals surface area contributed by atoms with Crippen molar-refractivity contribution in [2.75, 3.05) is 13.7 Å². The number of nitrogens with two attached hydrogens (primary N) is 1. The van der Waals surface area contributed by atoms with Gasteiger partial charge in [0.25, 0.3) is 0 Å². The Bertz CT molecular complexity index is 482. The molecule has 0 amide bonds. The van der Waals surface area contributed by atoms with Crippen molar-refractivity contribution in [1.82, 2.24) is 5.32 Å². The monoisotopic (exact) mass is 291 g/mol. The zero-order valence-corrected chi connectivity index (χ0v) is 12.9. The molecule has 1 aromatic rings. The van der Waals surface area contributed by atoms with Crippen LogP contribution in [0.15, 0.2) is 23.2 Å². The maximum atomic E-state index is 6.17. The van der Waals surface area contributed by atoms with Gasteiger partial charge >= 0.3 is 0 Å². The third-order valence-electron chi connectivity index (χ3n) is 3.64. The SMILES string of the molecule is CCNC(N)=NCc1cccc(OC)c1OC1CCCC1. The molecule has 21 heavy (non-hydrogen) atoms. The number of aliphatic imine (C=N–C) groups is 1. The standard InChI is InChI=1S/C16H25N3O2/c1-3-18-16(17)19-11-12-7-6-10-14(20-2)15(12)21-13-8-4-5-9-13/h6-7,10,13H,3-5,8-9,11H2,1-2H3,(H3,17,18,19). The van der Waals surface area contributed by atoms with Gasteiger partial charge in [-0.3, -0.25) is 0 Å². The van der Waals surface area contributed by atoms with Crippen LogP contribution in [0.25, 0.3) is 0 Å². The lowest BCUT2D eigenvalue weighted by Crippen LogP contribution is -2.31. The smallest absolute Gasteiger partial charge is 0.188 e. The normalized spacial score (nSPS) is 16.0. The lowest BCUT2D eigenvalue weighted by atomic mass is 10.1. The lowest BCUT2D eigenvalue weighted by Gasteiger charge is -2.18. The second kappa shape index (κ2) is 7.76. The Kier molecular flexibility index (Phi) is 5.72. The molecule has 1 fully saturated rings. The summed E-state index contributed by atoms with van der Waals surface area (Å²) in [5.74, 6) is 2.02. The minimum atomic E-state index is 0.287. The molecule has 0 aliphatic heterocycles. The van der Waals surface area contributed by atoms with E-state index in [9.17, 15) is 0 Å². The van der Waals surface area contributed by atoms with Crippen molar-refractivity contribution in [3.8, 4) is 11.5 Å². The van der Waals surface area contributed by atoms with E-state index >= 15 is 0 Å². The first kappa shape index (κ1) is 15.5. The van der Waals surface area contributed by atoms with E-state index < -0.39 is 0 Å². The average molecular weight is 291 g/mol. The number of para-hydroxylation sites is 1. The van der Waals surface area contributed by atoms with Crippen LogP contribution in [0.5, 0.6) is 11.5 Å². The molecule has 0 atom stereocenters. The van der Waals surface area contributed by atoms with Crippen LogP contribution in [-0.2, 0) is 6.54 Å². The van der Waals surface area contributed by atoms with Crippen LogP contribution in [0, 0.1) is 0 Å². The van der Waals surface area contributed by atoms with Gasteiger partial charge in [0.15, 0.2) is 17.5 Å². The Morgan fingerprint density at radius 3 is 2.81 bits per heavy atom. The third-order valence-corrected chi connectivity index (χ3v) is 3.64. The fourth-order valence-electron chi connectivity index (χ4n) is 2.56. The molecule has 5 nitrogen and oxygen atoms in total. The van der Waals surface area contributed by atoms with Gasteiger partial charge in [-0.15, -0.1) is 0 Å². The van der Waals surface area contributed by atoms with Gasteiger partial charge in [0.05, 0.1) is 19.8 Å². The number of hydrogen-bond donors (Lipinski definition) is 2. The molecule has 0 heterocycles. The first-order valence-corrected chi connectivity index (χ1v) is 7.61. The van der Waals surface area contributed by atoms with E-state index in [1.807, 2.05) is 25.1 Å². The van der Waals surface area contributed by atoms with Crippen molar-refractivity contribution >= 4 is 5.96 Å². The Labute approximate surface area is 126 Å². The zero-order chi connectivity index (χ0) is 15.1. The van der Waals surface area contributed by atoms with Crippen molar-refractivity contribution in [2.45, 2.75) is 45.3 Å². The van der Waals surface area contributed by atoms with Gasteiger partial charge in [-0.2, -0.15) is 0 Å². The zero-order valence-electron chi connectivity index (χ0n) is 12.9. The fraction of sp³-hybridized carbons (Fsp3) is 0.562. The van der Waals surface area contributed by atoms with E-state index in [1.165, 1.54) is 12.8 Å². The molecule has 0 bridgehead atoms. The highest BCUT2D eigenvalue weighted by Gasteiger charge is 2.20. The summed E-state index contributed by atoms with van der Waals surface area (Å²) in [5.41, 5.74) is 6.79. The molecular weight excluding hydrogens is 266 g/mol. The molecule has 1 saturated carbocycles. The Morgan fingerprint density at radius 1 is 1.38 bits per heavy atom. The predicted octanol–water partition coefficient (Wildman–Crippen LogP) is 2.44. The van der Waals surface area contributed by atoms with Gasteiger partial charge in [0.1, 0.15) is 0 Å². The van der Waals surface area contributed by atoms with Crippen LogP contribution in [0.1, 0.15) is 38.2 Å². The summed E-state index contributed by atoms with van der Waals surface area (Å²) in [7, 11) is 1.66. The molecule has 1 aliphatic rings. The first-order valence-electron chi connectivity index (χ1n) is 7.61. The van der Waals surface area contributed by atoms with Crippen LogP contribution in [-0.4, -0.2) is 25.7 Å². The molecule has 0 aromatic heterocycles. The molecule has 0 unspecified atom stereocenters. The van der Waals surface area contributed by atoms with Crippen molar-refractivity contribution in [3.63, 3.8) is 0 Å². The van der Waals surface area contributed by atoms with Crippen molar-refractivity contribution in [1.29, 1.82) is 0 Å². The maximum Gasteiger partial charge on any atom is 0.188 e. The molecule has 2 rings (SSSR count). The van der Waals surface area contributed by atoms with Crippen molar-refractivity contribution in [2.24, 2.45) is 10.7 Å². The number of benzene rings is 1. The number of nitrogens with zero attached hydrogens (tertiary/aromatic N) is 1. The van der Waals surface area contributed by atoms with Crippen LogP contribution in [0.4, 0.5) is 0 Å². The topological polar surface area (TPSA) is 68.9 Å². The molecule has 0 saturated heterocycles. The van der Waals surface area contributed by atoms with Crippen molar-refractivity contribution < 1.29 is 9.47 Å². The molecule has 5 heteroatoms. The molecular formula is C16H25N3O2. The summed E-state index contributed by atoms with van der Waals surface area (Å²) in [4.78, 5) is 4.34. The number of ether oxygens (including phenoxy) is 2. The van der Waals surface area contributed by atoms with E-state index in [0.29, 0.717) is 12.5 Å². The van der Waals surface area contributed by atoms with E-state index in [1.54, 1.807) is 7.11 Å². The van der Waals surface area contributed by atoms with E-state index in [-0.39, 0.29) is 6.10 Å². The van der Waals surface area contributed by atoms with Crippen LogP contribution in [0.3, 0.4) is 0 Å². The summed E-state index contributed by atoms with van der Waals surface area (Å²) in [6.45, 7) is 3.24. The van der Waals surface area contributed by atoms with Crippen LogP contribution in [0.2, 0.25) is 0 Å². The summed E-state index contributed by atoms with van der Waals surface area (Å²) in [5, 5.41) is 2.99. The van der Waals surface area contributed by atoms with Crippen LogP contribution >= 0.6 is 0 Å². The molecule has 1 aromatic carbocycles. The quantitative estimate of drug-likeness (QED) is 0.624. The number of rotatable bonds is 6. The largest absolute Gasteiger partial charge is 0.493 e. The number of hydrogen-bond acceptors (Lipinski definition) is 3. The second-order valence-electron chi connectivity index (χ2n) is 5.20. The van der Waals surface area contributed by atoms with Gasteiger partial charge in [0.2, 0.25) is 0 Å².